The standard InChI is InChI=1S/C12H11N5O3/c1-19-8-4-3-7(5-9(8)20-2)17-11-10(15-16-17)12(18)14-6-13-11/h3-6,10H,1-2H3. The molecule has 2 heterocycles. The second-order valence-electron chi connectivity index (χ2n) is 4.03. The molecule has 0 aromatic heterocycles. The third kappa shape index (κ3) is 1.81. The molecule has 0 saturated carbocycles. The van der Waals surface area contributed by atoms with Crippen LogP contribution in [0.1, 0.15) is 0 Å². The third-order valence-electron chi connectivity index (χ3n) is 2.94. The first kappa shape index (κ1) is 12.3. The van der Waals surface area contributed by atoms with Crippen LogP contribution in [-0.2, 0) is 4.79 Å². The van der Waals surface area contributed by atoms with Gasteiger partial charge in [-0.25, -0.2) is 4.99 Å². The van der Waals surface area contributed by atoms with Crippen LogP contribution in [0, 0.1) is 0 Å². The molecule has 1 atom stereocenters. The molecule has 3 rings (SSSR count). The molecular weight excluding hydrogens is 262 g/mol. The molecule has 1 aromatic carbocycles. The lowest BCUT2D eigenvalue weighted by molar-refractivity contribution is -0.117. The Hall–Kier alpha value is -2.77. The molecule has 0 bridgehead atoms. The molecule has 8 nitrogen and oxygen atoms in total. The number of benzene rings is 1. The van der Waals surface area contributed by atoms with Crippen molar-refractivity contribution >= 4 is 23.8 Å². The van der Waals surface area contributed by atoms with E-state index in [-0.39, 0.29) is 5.91 Å². The van der Waals surface area contributed by atoms with Crippen LogP contribution in [-0.4, -0.2) is 38.3 Å². The van der Waals surface area contributed by atoms with Crippen molar-refractivity contribution in [3.63, 3.8) is 0 Å². The zero-order chi connectivity index (χ0) is 14.1. The molecule has 0 radical (unpaired) electrons. The lowest BCUT2D eigenvalue weighted by atomic mass is 10.2. The van der Waals surface area contributed by atoms with Crippen molar-refractivity contribution in [1.29, 1.82) is 0 Å². The average Bonchev–Trinajstić information content (AvgIpc) is 2.92. The number of ether oxygens (including phenoxy) is 2. The average molecular weight is 273 g/mol. The quantitative estimate of drug-likeness (QED) is 0.828. The lowest BCUT2D eigenvalue weighted by Crippen LogP contribution is -2.35. The molecule has 102 valence electrons. The monoisotopic (exact) mass is 273 g/mol. The Kier molecular flexibility index (Phi) is 2.90. The zero-order valence-corrected chi connectivity index (χ0v) is 10.8. The van der Waals surface area contributed by atoms with Crippen molar-refractivity contribution in [3.8, 4) is 11.5 Å². The normalized spacial score (nSPS) is 19.9. The van der Waals surface area contributed by atoms with E-state index in [1.54, 1.807) is 32.4 Å². The van der Waals surface area contributed by atoms with Gasteiger partial charge in [0.1, 0.15) is 6.34 Å². The molecule has 0 N–H and O–H groups in total. The van der Waals surface area contributed by atoms with Crippen LogP contribution in [0.5, 0.6) is 11.5 Å². The molecule has 0 saturated heterocycles. The molecule has 1 amide bonds. The summed E-state index contributed by atoms with van der Waals surface area (Å²) in [7, 11) is 3.10. The second kappa shape index (κ2) is 4.72. The molecule has 2 aliphatic rings. The third-order valence-corrected chi connectivity index (χ3v) is 2.94. The Morgan fingerprint density at radius 2 is 2.00 bits per heavy atom. The van der Waals surface area contributed by atoms with Crippen molar-refractivity contribution in [2.75, 3.05) is 19.2 Å². The maximum Gasteiger partial charge on any atom is 0.281 e. The van der Waals surface area contributed by atoms with Crippen molar-refractivity contribution < 1.29 is 14.3 Å². The predicted molar refractivity (Wildman–Crippen MR) is 71.6 cm³/mol. The summed E-state index contributed by atoms with van der Waals surface area (Å²) >= 11 is 0. The Morgan fingerprint density at radius 3 is 2.75 bits per heavy atom. The Bertz CT molecular complexity index is 652. The molecule has 1 aromatic rings. The van der Waals surface area contributed by atoms with Gasteiger partial charge in [-0.3, -0.25) is 4.79 Å². The van der Waals surface area contributed by atoms with Gasteiger partial charge in [0.15, 0.2) is 17.3 Å². The number of anilines is 1. The van der Waals surface area contributed by atoms with Gasteiger partial charge in [0.05, 0.1) is 19.9 Å². The number of carbonyl (C=O) groups is 1. The van der Waals surface area contributed by atoms with Crippen molar-refractivity contribution in [3.05, 3.63) is 18.2 Å². The van der Waals surface area contributed by atoms with Crippen LogP contribution in [0.3, 0.4) is 0 Å². The summed E-state index contributed by atoms with van der Waals surface area (Å²) < 4.78 is 10.4. The highest BCUT2D eigenvalue weighted by atomic mass is 16.5. The minimum Gasteiger partial charge on any atom is -0.493 e. The van der Waals surface area contributed by atoms with Crippen LogP contribution < -0.4 is 14.5 Å². The lowest BCUT2D eigenvalue weighted by Gasteiger charge is -2.17. The summed E-state index contributed by atoms with van der Waals surface area (Å²) in [4.78, 5) is 19.2. The molecular formula is C12H11N5O3. The Morgan fingerprint density at radius 1 is 1.20 bits per heavy atom. The van der Waals surface area contributed by atoms with E-state index in [1.165, 1.54) is 11.3 Å². The highest BCUT2D eigenvalue weighted by Gasteiger charge is 2.36. The number of amides is 1. The van der Waals surface area contributed by atoms with Crippen LogP contribution in [0.4, 0.5) is 5.69 Å². The maximum absolute atomic E-state index is 11.6. The van der Waals surface area contributed by atoms with Gasteiger partial charge in [0.25, 0.3) is 5.91 Å². The SMILES string of the molecule is COc1ccc(N2N=NC3C(=O)N=CN=C32)cc1OC. The number of hydrogen-bond donors (Lipinski definition) is 0. The number of amidine groups is 1. The van der Waals surface area contributed by atoms with Crippen LogP contribution in [0.2, 0.25) is 0 Å². The second-order valence-corrected chi connectivity index (χ2v) is 4.03. The maximum atomic E-state index is 11.6. The summed E-state index contributed by atoms with van der Waals surface area (Å²) in [5.41, 5.74) is 0.677. The van der Waals surface area contributed by atoms with E-state index in [0.29, 0.717) is 23.0 Å². The highest BCUT2D eigenvalue weighted by molar-refractivity contribution is 6.20. The zero-order valence-electron chi connectivity index (χ0n) is 10.8. The molecule has 1 unspecified atom stereocenters. The van der Waals surface area contributed by atoms with Gasteiger partial charge >= 0.3 is 0 Å². The largest absolute Gasteiger partial charge is 0.493 e. The van der Waals surface area contributed by atoms with Gasteiger partial charge in [0, 0.05) is 6.07 Å². The number of hydrogen-bond acceptors (Lipinski definition) is 7. The minimum atomic E-state index is -0.756. The van der Waals surface area contributed by atoms with E-state index in [2.05, 4.69) is 20.3 Å². The van der Waals surface area contributed by atoms with Crippen LogP contribution in [0.15, 0.2) is 38.5 Å². The molecule has 0 spiro atoms. The van der Waals surface area contributed by atoms with Crippen molar-refractivity contribution in [2.45, 2.75) is 6.04 Å². The summed E-state index contributed by atoms with van der Waals surface area (Å²) in [5, 5.41) is 9.32. The smallest absolute Gasteiger partial charge is 0.281 e. The fourth-order valence-corrected chi connectivity index (χ4v) is 1.96. The highest BCUT2D eigenvalue weighted by Crippen LogP contribution is 2.33. The van der Waals surface area contributed by atoms with E-state index in [0.717, 1.165) is 0 Å². The first-order valence-electron chi connectivity index (χ1n) is 5.81. The van der Waals surface area contributed by atoms with Gasteiger partial charge < -0.3 is 9.47 Å². The first-order chi connectivity index (χ1) is 9.74. The van der Waals surface area contributed by atoms with E-state index in [4.69, 9.17) is 9.47 Å². The van der Waals surface area contributed by atoms with E-state index >= 15 is 0 Å². The van der Waals surface area contributed by atoms with Gasteiger partial charge in [-0.05, 0) is 12.1 Å². The molecule has 0 aliphatic carbocycles. The van der Waals surface area contributed by atoms with E-state index in [1.807, 2.05) is 0 Å². The van der Waals surface area contributed by atoms with E-state index < -0.39 is 6.04 Å². The molecule has 0 fully saturated rings. The summed E-state index contributed by atoms with van der Waals surface area (Å²) in [6.45, 7) is 0. The summed E-state index contributed by atoms with van der Waals surface area (Å²) in [6, 6.07) is 4.50. The Balaban J connectivity index is 1.98. The summed E-state index contributed by atoms with van der Waals surface area (Å²) in [5.74, 6) is 1.21. The molecule has 20 heavy (non-hydrogen) atoms. The number of rotatable bonds is 3. The van der Waals surface area contributed by atoms with Gasteiger partial charge in [-0.2, -0.15) is 10.0 Å². The number of aliphatic imine (C=N–C) groups is 2. The van der Waals surface area contributed by atoms with Gasteiger partial charge in [0.2, 0.25) is 6.04 Å². The number of fused-ring (bicyclic) bond motifs is 1. The van der Waals surface area contributed by atoms with Crippen molar-refractivity contribution in [1.82, 2.24) is 0 Å². The number of methoxy groups -OCH3 is 2. The fourth-order valence-electron chi connectivity index (χ4n) is 1.96. The molecule has 8 heteroatoms. The number of nitrogens with zero attached hydrogens (tertiary/aromatic N) is 5. The Labute approximate surface area is 114 Å². The minimum absolute atomic E-state index is 0.373. The van der Waals surface area contributed by atoms with Gasteiger partial charge in [-0.1, -0.05) is 5.22 Å². The van der Waals surface area contributed by atoms with Gasteiger partial charge in [-0.15, -0.1) is 5.11 Å². The van der Waals surface area contributed by atoms with Crippen LogP contribution in [0.25, 0.3) is 0 Å². The fraction of sp³-hybridized carbons (Fsp3) is 0.250. The molecule has 2 aliphatic heterocycles. The number of carbonyl (C=O) groups excluding carboxylic acids is 1. The van der Waals surface area contributed by atoms with E-state index in [9.17, 15) is 4.79 Å². The first-order valence-corrected chi connectivity index (χ1v) is 5.81. The van der Waals surface area contributed by atoms with Crippen molar-refractivity contribution in [2.24, 2.45) is 20.3 Å². The topological polar surface area (TPSA) is 88.2 Å². The van der Waals surface area contributed by atoms with Crippen LogP contribution >= 0.6 is 0 Å². The summed E-state index contributed by atoms with van der Waals surface area (Å²) in [6.07, 6.45) is 1.21. The predicted octanol–water partition coefficient (Wildman–Crippen LogP) is 1.23.